The van der Waals surface area contributed by atoms with Crippen molar-refractivity contribution < 1.29 is 13.2 Å². The molecule has 0 aliphatic rings. The van der Waals surface area contributed by atoms with Gasteiger partial charge in [0.15, 0.2) is 5.82 Å². The zero-order chi connectivity index (χ0) is 11.6. The summed E-state index contributed by atoms with van der Waals surface area (Å²) in [5.41, 5.74) is 0. The summed E-state index contributed by atoms with van der Waals surface area (Å²) in [5.74, 6) is 0.763. The monoisotopic (exact) mass is 231 g/mol. The van der Waals surface area contributed by atoms with Crippen LogP contribution in [0.5, 0.6) is 0 Å². The van der Waals surface area contributed by atoms with Crippen molar-refractivity contribution in [2.75, 3.05) is 6.54 Å². The molecule has 0 aliphatic heterocycles. The van der Waals surface area contributed by atoms with Gasteiger partial charge in [0.05, 0.1) is 13.1 Å². The van der Waals surface area contributed by atoms with Crippen LogP contribution in [-0.2, 0) is 6.54 Å². The highest BCUT2D eigenvalue weighted by Gasteiger charge is 2.26. The van der Waals surface area contributed by atoms with E-state index in [1.807, 2.05) is 0 Å². The lowest BCUT2D eigenvalue weighted by molar-refractivity contribution is -0.125. The molecule has 0 saturated heterocycles. The molecule has 2 heterocycles. The van der Waals surface area contributed by atoms with E-state index in [0.29, 0.717) is 11.6 Å². The first-order valence-corrected chi connectivity index (χ1v) is 4.48. The molecule has 1 N–H and O–H groups in total. The minimum atomic E-state index is -4.22. The Bertz CT molecular complexity index is 478. The number of halogens is 3. The topological polar surface area (TPSA) is 55.1 Å². The largest absolute Gasteiger partial charge is 0.401 e. The highest BCUT2D eigenvalue weighted by atomic mass is 19.4. The second kappa shape index (κ2) is 4.05. The third kappa shape index (κ3) is 2.45. The molecule has 5 nitrogen and oxygen atoms in total. The first kappa shape index (κ1) is 10.8. The van der Waals surface area contributed by atoms with E-state index in [1.165, 1.54) is 10.6 Å². The van der Waals surface area contributed by atoms with E-state index < -0.39 is 12.7 Å². The van der Waals surface area contributed by atoms with Gasteiger partial charge in [-0.2, -0.15) is 13.2 Å². The van der Waals surface area contributed by atoms with Gasteiger partial charge >= 0.3 is 6.18 Å². The number of fused-ring (bicyclic) bond motifs is 1. The quantitative estimate of drug-likeness (QED) is 0.848. The molecule has 8 heteroatoms. The molecule has 86 valence electrons. The van der Waals surface area contributed by atoms with Crippen molar-refractivity contribution in [3.8, 4) is 0 Å². The van der Waals surface area contributed by atoms with Gasteiger partial charge in [0.2, 0.25) is 0 Å². The molecule has 0 radical (unpaired) electrons. The predicted molar refractivity (Wildman–Crippen MR) is 48.5 cm³/mol. The number of alkyl halides is 3. The van der Waals surface area contributed by atoms with Gasteiger partial charge < -0.3 is 5.32 Å². The Hall–Kier alpha value is -1.70. The fraction of sp³-hybridized carbons (Fsp3) is 0.375. The molecular formula is C8H8F3N5. The number of hydrogen-bond acceptors (Lipinski definition) is 4. The SMILES string of the molecule is FC(F)(F)CNCc1nnc2ncccn12. The lowest BCUT2D eigenvalue weighted by Gasteiger charge is -2.06. The molecule has 0 atom stereocenters. The third-order valence-electron chi connectivity index (χ3n) is 1.87. The Kier molecular flexibility index (Phi) is 2.73. The first-order chi connectivity index (χ1) is 7.56. The summed E-state index contributed by atoms with van der Waals surface area (Å²) in [6, 6.07) is 1.66. The van der Waals surface area contributed by atoms with E-state index >= 15 is 0 Å². The van der Waals surface area contributed by atoms with Gasteiger partial charge in [0, 0.05) is 12.4 Å². The van der Waals surface area contributed by atoms with Gasteiger partial charge in [-0.05, 0) is 6.07 Å². The van der Waals surface area contributed by atoms with Crippen LogP contribution < -0.4 is 5.32 Å². The Labute approximate surface area is 88.3 Å². The number of aromatic nitrogens is 4. The van der Waals surface area contributed by atoms with E-state index in [2.05, 4.69) is 20.5 Å². The molecule has 16 heavy (non-hydrogen) atoms. The number of nitrogens with zero attached hydrogens (tertiary/aromatic N) is 4. The molecule has 0 aromatic carbocycles. The Balaban J connectivity index is 2.05. The van der Waals surface area contributed by atoms with Crippen LogP contribution in [-0.4, -0.2) is 32.3 Å². The van der Waals surface area contributed by atoms with Crippen molar-refractivity contribution in [3.63, 3.8) is 0 Å². The van der Waals surface area contributed by atoms with E-state index in [4.69, 9.17) is 0 Å². The summed E-state index contributed by atoms with van der Waals surface area (Å²) in [7, 11) is 0. The van der Waals surface area contributed by atoms with Crippen molar-refractivity contribution in [1.29, 1.82) is 0 Å². The molecule has 0 spiro atoms. The van der Waals surface area contributed by atoms with E-state index in [-0.39, 0.29) is 6.54 Å². The molecule has 0 bridgehead atoms. The van der Waals surface area contributed by atoms with Crippen molar-refractivity contribution >= 4 is 5.78 Å². The average molecular weight is 231 g/mol. The van der Waals surface area contributed by atoms with Crippen LogP contribution in [0, 0.1) is 0 Å². The van der Waals surface area contributed by atoms with Crippen molar-refractivity contribution in [2.45, 2.75) is 12.7 Å². The molecular weight excluding hydrogens is 223 g/mol. The number of nitrogens with one attached hydrogen (secondary N) is 1. The minimum Gasteiger partial charge on any atom is -0.302 e. The normalized spacial score (nSPS) is 12.2. The predicted octanol–water partition coefficient (Wildman–Crippen LogP) is 0.776. The number of hydrogen-bond donors (Lipinski definition) is 1. The molecule has 0 fully saturated rings. The van der Waals surface area contributed by atoms with Gasteiger partial charge in [-0.25, -0.2) is 4.98 Å². The lowest BCUT2D eigenvalue weighted by atomic mass is 10.5. The average Bonchev–Trinajstić information content (AvgIpc) is 2.60. The van der Waals surface area contributed by atoms with Crippen LogP contribution in [0.3, 0.4) is 0 Å². The van der Waals surface area contributed by atoms with E-state index in [0.717, 1.165) is 0 Å². The summed E-state index contributed by atoms with van der Waals surface area (Å²) < 4.78 is 37.2. The Morgan fingerprint density at radius 1 is 1.31 bits per heavy atom. The molecule has 0 amide bonds. The Morgan fingerprint density at radius 2 is 2.12 bits per heavy atom. The van der Waals surface area contributed by atoms with Crippen LogP contribution in [0.2, 0.25) is 0 Å². The molecule has 0 saturated carbocycles. The van der Waals surface area contributed by atoms with Crippen molar-refractivity contribution in [2.24, 2.45) is 0 Å². The van der Waals surface area contributed by atoms with E-state index in [9.17, 15) is 13.2 Å². The molecule has 2 aromatic rings. The molecule has 0 unspecified atom stereocenters. The second-order valence-corrected chi connectivity index (χ2v) is 3.12. The first-order valence-electron chi connectivity index (χ1n) is 4.48. The zero-order valence-corrected chi connectivity index (χ0v) is 8.07. The summed E-state index contributed by atoms with van der Waals surface area (Å²) in [6.45, 7) is -1.06. The van der Waals surface area contributed by atoms with E-state index in [1.54, 1.807) is 12.3 Å². The fourth-order valence-electron chi connectivity index (χ4n) is 1.23. The van der Waals surface area contributed by atoms with Crippen LogP contribution in [0.25, 0.3) is 5.78 Å². The molecule has 0 aliphatic carbocycles. The maximum atomic E-state index is 11.9. The zero-order valence-electron chi connectivity index (χ0n) is 8.07. The van der Waals surface area contributed by atoms with Gasteiger partial charge in [0.25, 0.3) is 5.78 Å². The van der Waals surface area contributed by atoms with Gasteiger partial charge in [-0.1, -0.05) is 0 Å². The van der Waals surface area contributed by atoms with Crippen LogP contribution >= 0.6 is 0 Å². The molecule has 2 aromatic heterocycles. The maximum Gasteiger partial charge on any atom is 0.401 e. The van der Waals surface area contributed by atoms with Crippen molar-refractivity contribution in [1.82, 2.24) is 24.9 Å². The standard InChI is InChI=1S/C8H8F3N5/c9-8(10,11)5-12-4-6-14-15-7-13-2-1-3-16(6)7/h1-3,12H,4-5H2. The highest BCUT2D eigenvalue weighted by Crippen LogP contribution is 2.12. The van der Waals surface area contributed by atoms with Gasteiger partial charge in [-0.3, -0.25) is 4.40 Å². The second-order valence-electron chi connectivity index (χ2n) is 3.12. The summed E-state index contributed by atoms with van der Waals surface area (Å²) in [4.78, 5) is 3.90. The molecule has 2 rings (SSSR count). The Morgan fingerprint density at radius 3 is 2.88 bits per heavy atom. The van der Waals surface area contributed by atoms with Gasteiger partial charge in [0.1, 0.15) is 0 Å². The lowest BCUT2D eigenvalue weighted by Crippen LogP contribution is -2.28. The third-order valence-corrected chi connectivity index (χ3v) is 1.87. The van der Waals surface area contributed by atoms with Crippen molar-refractivity contribution in [3.05, 3.63) is 24.3 Å². The highest BCUT2D eigenvalue weighted by molar-refractivity contribution is 5.25. The van der Waals surface area contributed by atoms with Crippen LogP contribution in [0.4, 0.5) is 13.2 Å². The number of rotatable bonds is 3. The smallest absolute Gasteiger partial charge is 0.302 e. The summed E-state index contributed by atoms with van der Waals surface area (Å²) in [6.07, 6.45) is -1.04. The van der Waals surface area contributed by atoms with Gasteiger partial charge in [-0.15, -0.1) is 10.2 Å². The maximum absolute atomic E-state index is 11.9. The van der Waals surface area contributed by atoms with Crippen LogP contribution in [0.15, 0.2) is 18.5 Å². The summed E-state index contributed by atoms with van der Waals surface area (Å²) >= 11 is 0. The minimum absolute atomic E-state index is 0.00757. The summed E-state index contributed by atoms with van der Waals surface area (Å²) in [5, 5.41) is 9.69. The fourth-order valence-corrected chi connectivity index (χ4v) is 1.23. The van der Waals surface area contributed by atoms with Crippen LogP contribution in [0.1, 0.15) is 5.82 Å².